The Morgan fingerprint density at radius 1 is 1.00 bits per heavy atom. The molecule has 0 saturated carbocycles. The Balaban J connectivity index is 1.30. The standard InChI is InChI=1S/C26H22FN7O2/c1-15-25-21(18-5-9-20(10-6-18)36-14-17-3-7-19(27)8-4-17)13-24(35)28-26(25)34(31-15)23-12-11-22-30-29-16(2)33(22)32-23/h3-12,21H,13-14H2,1-2H3,(H,28,35). The molecule has 10 heteroatoms. The number of aryl methyl sites for hydroxylation is 2. The highest BCUT2D eigenvalue weighted by Crippen LogP contribution is 2.40. The fourth-order valence-electron chi connectivity index (χ4n) is 4.54. The van der Waals surface area contributed by atoms with Gasteiger partial charge in [-0.3, -0.25) is 4.79 Å². The summed E-state index contributed by atoms with van der Waals surface area (Å²) >= 11 is 0. The molecule has 4 heterocycles. The van der Waals surface area contributed by atoms with Gasteiger partial charge >= 0.3 is 0 Å². The molecule has 180 valence electrons. The van der Waals surface area contributed by atoms with Gasteiger partial charge in [0.15, 0.2) is 17.3 Å². The number of nitrogens with one attached hydrogen (secondary N) is 1. The second kappa shape index (κ2) is 8.56. The number of amides is 1. The smallest absolute Gasteiger partial charge is 0.226 e. The van der Waals surface area contributed by atoms with E-state index < -0.39 is 0 Å². The molecule has 1 atom stereocenters. The van der Waals surface area contributed by atoms with Crippen molar-refractivity contribution in [2.75, 3.05) is 5.32 Å². The minimum absolute atomic E-state index is 0.0909. The number of rotatable bonds is 5. The number of anilines is 1. The lowest BCUT2D eigenvalue weighted by atomic mass is 9.86. The van der Waals surface area contributed by atoms with Crippen LogP contribution < -0.4 is 10.1 Å². The molecule has 0 spiro atoms. The SMILES string of the molecule is Cc1nn(-c2ccc3nnc(C)n3n2)c2c1C(c1ccc(OCc3ccc(F)cc3)cc1)CC(=O)N2. The third-order valence-corrected chi connectivity index (χ3v) is 6.33. The molecule has 6 rings (SSSR count). The Labute approximate surface area is 205 Å². The van der Waals surface area contributed by atoms with Gasteiger partial charge in [-0.05, 0) is 61.4 Å². The molecular formula is C26H22FN7O2. The van der Waals surface area contributed by atoms with Gasteiger partial charge in [0, 0.05) is 17.9 Å². The minimum Gasteiger partial charge on any atom is -0.489 e. The molecule has 0 bridgehead atoms. The molecule has 1 aliphatic rings. The molecule has 1 N–H and O–H groups in total. The minimum atomic E-state index is -0.275. The lowest BCUT2D eigenvalue weighted by Crippen LogP contribution is -2.25. The van der Waals surface area contributed by atoms with Crippen LogP contribution in [-0.4, -0.2) is 35.5 Å². The van der Waals surface area contributed by atoms with Crippen molar-refractivity contribution in [1.29, 1.82) is 0 Å². The fourth-order valence-corrected chi connectivity index (χ4v) is 4.54. The third kappa shape index (κ3) is 3.86. The molecular weight excluding hydrogens is 461 g/mol. The first-order chi connectivity index (χ1) is 17.5. The number of fused-ring (bicyclic) bond motifs is 2. The zero-order chi connectivity index (χ0) is 24.8. The van der Waals surface area contributed by atoms with E-state index in [9.17, 15) is 9.18 Å². The van der Waals surface area contributed by atoms with E-state index in [2.05, 4.69) is 20.6 Å². The van der Waals surface area contributed by atoms with Gasteiger partial charge in [0.2, 0.25) is 5.91 Å². The summed E-state index contributed by atoms with van der Waals surface area (Å²) in [6, 6.07) is 17.5. The van der Waals surface area contributed by atoms with E-state index in [0.717, 1.165) is 22.4 Å². The first kappa shape index (κ1) is 21.9. The average Bonchev–Trinajstić information content (AvgIpc) is 3.42. The number of carbonyl (C=O) groups is 1. The van der Waals surface area contributed by atoms with Crippen LogP contribution in [0.4, 0.5) is 10.2 Å². The molecule has 1 aliphatic heterocycles. The van der Waals surface area contributed by atoms with E-state index >= 15 is 0 Å². The molecule has 0 radical (unpaired) electrons. The second-order valence-corrected chi connectivity index (χ2v) is 8.76. The molecule has 0 saturated heterocycles. The van der Waals surface area contributed by atoms with Gasteiger partial charge < -0.3 is 10.1 Å². The van der Waals surface area contributed by atoms with Crippen molar-refractivity contribution in [3.8, 4) is 11.6 Å². The predicted molar refractivity (Wildman–Crippen MR) is 130 cm³/mol. The summed E-state index contributed by atoms with van der Waals surface area (Å²) in [5.41, 5.74) is 4.27. The van der Waals surface area contributed by atoms with Gasteiger partial charge in [0.25, 0.3) is 0 Å². The number of aromatic nitrogens is 6. The van der Waals surface area contributed by atoms with E-state index in [4.69, 9.17) is 9.84 Å². The van der Waals surface area contributed by atoms with Crippen LogP contribution in [0.15, 0.2) is 60.7 Å². The van der Waals surface area contributed by atoms with Gasteiger partial charge in [-0.2, -0.15) is 14.3 Å². The third-order valence-electron chi connectivity index (χ3n) is 6.33. The molecule has 0 aliphatic carbocycles. The van der Waals surface area contributed by atoms with Crippen LogP contribution in [0.25, 0.3) is 11.5 Å². The van der Waals surface area contributed by atoms with Gasteiger partial charge in [0.05, 0.1) is 5.69 Å². The number of hydrogen-bond acceptors (Lipinski definition) is 6. The molecule has 0 fully saturated rings. The van der Waals surface area contributed by atoms with E-state index in [1.807, 2.05) is 44.2 Å². The lowest BCUT2D eigenvalue weighted by Gasteiger charge is -2.24. The molecule has 1 unspecified atom stereocenters. The number of carbonyl (C=O) groups excluding carboxylic acids is 1. The van der Waals surface area contributed by atoms with Crippen molar-refractivity contribution in [1.82, 2.24) is 29.6 Å². The monoisotopic (exact) mass is 483 g/mol. The summed E-state index contributed by atoms with van der Waals surface area (Å²) in [4.78, 5) is 12.7. The number of hydrogen-bond donors (Lipinski definition) is 1. The fraction of sp³-hybridized carbons (Fsp3) is 0.192. The second-order valence-electron chi connectivity index (χ2n) is 8.76. The number of nitrogens with zero attached hydrogens (tertiary/aromatic N) is 6. The number of benzene rings is 2. The van der Waals surface area contributed by atoms with Crippen LogP contribution in [0.5, 0.6) is 5.75 Å². The van der Waals surface area contributed by atoms with Gasteiger partial charge in [-0.1, -0.05) is 24.3 Å². The number of ether oxygens (including phenoxy) is 1. The number of halogens is 1. The Hall–Kier alpha value is -4.60. The molecule has 9 nitrogen and oxygen atoms in total. The molecule has 36 heavy (non-hydrogen) atoms. The Morgan fingerprint density at radius 2 is 1.78 bits per heavy atom. The summed E-state index contributed by atoms with van der Waals surface area (Å²) in [6.07, 6.45) is 0.312. The largest absolute Gasteiger partial charge is 0.489 e. The van der Waals surface area contributed by atoms with Crippen LogP contribution in [0.3, 0.4) is 0 Å². The summed E-state index contributed by atoms with van der Waals surface area (Å²) < 4.78 is 22.3. The van der Waals surface area contributed by atoms with Crippen LogP contribution >= 0.6 is 0 Å². The maximum absolute atomic E-state index is 13.1. The van der Waals surface area contributed by atoms with Crippen LogP contribution in [0.1, 0.15) is 40.5 Å². The van der Waals surface area contributed by atoms with Crippen molar-refractivity contribution in [3.05, 3.63) is 94.7 Å². The van der Waals surface area contributed by atoms with E-state index in [1.54, 1.807) is 27.4 Å². The van der Waals surface area contributed by atoms with Crippen molar-refractivity contribution in [3.63, 3.8) is 0 Å². The molecule has 1 amide bonds. The first-order valence-corrected chi connectivity index (χ1v) is 11.5. The molecule has 2 aromatic carbocycles. The van der Waals surface area contributed by atoms with Gasteiger partial charge in [0.1, 0.15) is 24.0 Å². The van der Waals surface area contributed by atoms with Crippen molar-refractivity contribution in [2.45, 2.75) is 32.8 Å². The van der Waals surface area contributed by atoms with Gasteiger partial charge in [-0.15, -0.1) is 15.3 Å². The summed E-state index contributed by atoms with van der Waals surface area (Å²) in [5, 5.41) is 20.4. The van der Waals surface area contributed by atoms with Crippen molar-refractivity contribution < 1.29 is 13.9 Å². The quantitative estimate of drug-likeness (QED) is 0.404. The highest BCUT2D eigenvalue weighted by molar-refractivity contribution is 5.95. The lowest BCUT2D eigenvalue weighted by molar-refractivity contribution is -0.116. The summed E-state index contributed by atoms with van der Waals surface area (Å²) in [7, 11) is 0. The van der Waals surface area contributed by atoms with Crippen LogP contribution in [-0.2, 0) is 11.4 Å². The molecule has 5 aromatic rings. The van der Waals surface area contributed by atoms with E-state index in [-0.39, 0.29) is 17.6 Å². The van der Waals surface area contributed by atoms with Gasteiger partial charge in [-0.25, -0.2) is 4.39 Å². The Morgan fingerprint density at radius 3 is 2.56 bits per heavy atom. The topological polar surface area (TPSA) is 99.2 Å². The zero-order valence-electron chi connectivity index (χ0n) is 19.6. The summed E-state index contributed by atoms with van der Waals surface area (Å²) in [5.74, 6) is 2.00. The van der Waals surface area contributed by atoms with Crippen molar-refractivity contribution in [2.24, 2.45) is 0 Å². The highest BCUT2D eigenvalue weighted by Gasteiger charge is 2.33. The van der Waals surface area contributed by atoms with Crippen LogP contribution in [0, 0.1) is 19.7 Å². The predicted octanol–water partition coefficient (Wildman–Crippen LogP) is 4.12. The van der Waals surface area contributed by atoms with E-state index in [1.165, 1.54) is 12.1 Å². The van der Waals surface area contributed by atoms with Crippen molar-refractivity contribution >= 4 is 17.4 Å². The van der Waals surface area contributed by atoms with Crippen LogP contribution in [0.2, 0.25) is 0 Å². The first-order valence-electron chi connectivity index (χ1n) is 11.5. The Bertz CT molecular complexity index is 1590. The van der Waals surface area contributed by atoms with E-state index in [0.29, 0.717) is 41.9 Å². The average molecular weight is 484 g/mol. The highest BCUT2D eigenvalue weighted by atomic mass is 19.1. The summed E-state index contributed by atoms with van der Waals surface area (Å²) in [6.45, 7) is 4.10. The normalized spacial score (nSPS) is 15.1. The maximum Gasteiger partial charge on any atom is 0.226 e. The Kier molecular flexibility index (Phi) is 5.21. The maximum atomic E-state index is 13.1. The molecule has 3 aromatic heterocycles. The zero-order valence-corrected chi connectivity index (χ0v) is 19.6.